The zero-order valence-corrected chi connectivity index (χ0v) is 11.3. The average molecular weight is 283 g/mol. The van der Waals surface area contributed by atoms with Gasteiger partial charge >= 0.3 is 5.97 Å². The van der Waals surface area contributed by atoms with E-state index in [9.17, 15) is 9.59 Å². The fourth-order valence-corrected chi connectivity index (χ4v) is 2.03. The van der Waals surface area contributed by atoms with E-state index in [4.69, 9.17) is 11.6 Å². The minimum absolute atomic E-state index is 0.112. The maximum Gasteiger partial charge on any atom is 0.340 e. The fraction of sp³-hybridized carbons (Fsp3) is 0.385. The Morgan fingerprint density at radius 3 is 2.79 bits per heavy atom. The fourth-order valence-electron chi connectivity index (χ4n) is 1.86. The highest BCUT2D eigenvalue weighted by Crippen LogP contribution is 2.22. The Labute approximate surface area is 116 Å². The van der Waals surface area contributed by atoms with Crippen molar-refractivity contribution in [1.29, 1.82) is 0 Å². The van der Waals surface area contributed by atoms with E-state index in [1.807, 2.05) is 0 Å². The van der Waals surface area contributed by atoms with Gasteiger partial charge in [0, 0.05) is 11.4 Å². The molecule has 1 fully saturated rings. The van der Waals surface area contributed by atoms with Crippen molar-refractivity contribution < 1.29 is 14.3 Å². The molecule has 1 heterocycles. The molecule has 19 heavy (non-hydrogen) atoms. The van der Waals surface area contributed by atoms with Gasteiger partial charge in [0.2, 0.25) is 5.91 Å². The Kier molecular flexibility index (Phi) is 4.39. The number of ether oxygens (including phenoxy) is 1. The lowest BCUT2D eigenvalue weighted by molar-refractivity contribution is -0.117. The predicted molar refractivity (Wildman–Crippen MR) is 72.4 cm³/mol. The van der Waals surface area contributed by atoms with Crippen molar-refractivity contribution in [2.75, 3.05) is 25.5 Å². The van der Waals surface area contributed by atoms with E-state index in [1.54, 1.807) is 12.1 Å². The molecule has 0 bridgehead atoms. The third-order valence-electron chi connectivity index (χ3n) is 3.00. The van der Waals surface area contributed by atoms with Crippen molar-refractivity contribution >= 4 is 29.2 Å². The Balaban J connectivity index is 2.09. The van der Waals surface area contributed by atoms with Crippen molar-refractivity contribution in [3.05, 3.63) is 28.8 Å². The van der Waals surface area contributed by atoms with Crippen molar-refractivity contribution in [3.63, 3.8) is 0 Å². The number of carbonyl (C=O) groups is 2. The van der Waals surface area contributed by atoms with Crippen LogP contribution in [0.3, 0.4) is 0 Å². The van der Waals surface area contributed by atoms with Crippen LogP contribution in [0.1, 0.15) is 16.8 Å². The van der Waals surface area contributed by atoms with E-state index in [1.165, 1.54) is 13.2 Å². The molecule has 0 aliphatic carbocycles. The topological polar surface area (TPSA) is 67.4 Å². The number of hydrogen-bond donors (Lipinski definition) is 2. The molecule has 1 saturated heterocycles. The molecule has 102 valence electrons. The van der Waals surface area contributed by atoms with E-state index in [-0.39, 0.29) is 11.5 Å². The van der Waals surface area contributed by atoms with Crippen LogP contribution in [0.25, 0.3) is 0 Å². The summed E-state index contributed by atoms with van der Waals surface area (Å²) in [4.78, 5) is 23.5. The van der Waals surface area contributed by atoms with E-state index in [2.05, 4.69) is 15.4 Å². The Morgan fingerprint density at radius 2 is 2.21 bits per heavy atom. The molecule has 1 aromatic rings. The Morgan fingerprint density at radius 1 is 1.47 bits per heavy atom. The first-order chi connectivity index (χ1) is 9.10. The number of carbonyl (C=O) groups excluding carboxylic acids is 2. The van der Waals surface area contributed by atoms with Gasteiger partial charge in [-0.3, -0.25) is 4.79 Å². The minimum Gasteiger partial charge on any atom is -0.465 e. The molecular weight excluding hydrogens is 268 g/mol. The summed E-state index contributed by atoms with van der Waals surface area (Å²) in [6, 6.07) is 4.70. The van der Waals surface area contributed by atoms with Gasteiger partial charge in [-0.2, -0.15) is 0 Å². The zero-order chi connectivity index (χ0) is 13.8. The molecule has 1 amide bonds. The number of esters is 1. The second-order valence-electron chi connectivity index (χ2n) is 4.46. The highest BCUT2D eigenvalue weighted by Gasteiger charge is 2.21. The maximum atomic E-state index is 11.8. The van der Waals surface area contributed by atoms with Gasteiger partial charge in [-0.1, -0.05) is 11.6 Å². The lowest BCUT2D eigenvalue weighted by atomic mass is 9.99. The molecule has 0 atom stereocenters. The molecule has 5 nitrogen and oxygen atoms in total. The summed E-state index contributed by atoms with van der Waals surface area (Å²) < 4.78 is 4.67. The SMILES string of the molecule is COC(=O)c1cc(Cl)ccc1NC(=O)CC1CNC1. The van der Waals surface area contributed by atoms with E-state index in [0.29, 0.717) is 23.0 Å². The van der Waals surface area contributed by atoms with E-state index < -0.39 is 5.97 Å². The van der Waals surface area contributed by atoms with Crippen LogP contribution in [-0.2, 0) is 9.53 Å². The van der Waals surface area contributed by atoms with Gasteiger partial charge in [0.05, 0.1) is 18.4 Å². The van der Waals surface area contributed by atoms with Crippen molar-refractivity contribution in [1.82, 2.24) is 5.32 Å². The van der Waals surface area contributed by atoms with Gasteiger partial charge in [-0.25, -0.2) is 4.79 Å². The van der Waals surface area contributed by atoms with Crippen molar-refractivity contribution in [3.8, 4) is 0 Å². The second-order valence-corrected chi connectivity index (χ2v) is 4.89. The average Bonchev–Trinajstić information content (AvgIpc) is 2.35. The summed E-state index contributed by atoms with van der Waals surface area (Å²) in [5, 5.41) is 6.25. The van der Waals surface area contributed by atoms with Gasteiger partial charge in [0.15, 0.2) is 0 Å². The van der Waals surface area contributed by atoms with Crippen LogP contribution in [0.2, 0.25) is 5.02 Å². The molecule has 1 aliphatic heterocycles. The van der Waals surface area contributed by atoms with Crippen LogP contribution < -0.4 is 10.6 Å². The summed E-state index contributed by atoms with van der Waals surface area (Å²) in [5.74, 6) is -0.268. The molecule has 6 heteroatoms. The summed E-state index contributed by atoms with van der Waals surface area (Å²) in [5.41, 5.74) is 0.684. The number of benzene rings is 1. The standard InChI is InChI=1S/C13H15ClN2O3/c1-19-13(18)10-5-9(14)2-3-11(10)16-12(17)4-8-6-15-7-8/h2-3,5,8,15H,4,6-7H2,1H3,(H,16,17). The zero-order valence-electron chi connectivity index (χ0n) is 10.5. The molecule has 0 radical (unpaired) electrons. The number of anilines is 1. The van der Waals surface area contributed by atoms with Crippen LogP contribution in [-0.4, -0.2) is 32.1 Å². The van der Waals surface area contributed by atoms with Crippen LogP contribution in [0.15, 0.2) is 18.2 Å². The van der Waals surface area contributed by atoms with Crippen LogP contribution in [0, 0.1) is 5.92 Å². The first kappa shape index (κ1) is 13.8. The van der Waals surface area contributed by atoms with Crippen molar-refractivity contribution in [2.24, 2.45) is 5.92 Å². The molecule has 0 aromatic heterocycles. The molecule has 0 unspecified atom stereocenters. The van der Waals surface area contributed by atoms with Gasteiger partial charge in [0.1, 0.15) is 0 Å². The van der Waals surface area contributed by atoms with Crippen LogP contribution in [0.5, 0.6) is 0 Å². The quantitative estimate of drug-likeness (QED) is 0.825. The molecule has 1 aliphatic rings. The van der Waals surface area contributed by atoms with Crippen molar-refractivity contribution in [2.45, 2.75) is 6.42 Å². The summed E-state index contributed by atoms with van der Waals surface area (Å²) in [6.07, 6.45) is 0.441. The first-order valence-electron chi connectivity index (χ1n) is 5.98. The summed E-state index contributed by atoms with van der Waals surface area (Å²) in [7, 11) is 1.29. The number of halogens is 1. The third kappa shape index (κ3) is 3.45. The van der Waals surface area contributed by atoms with Gasteiger partial charge in [0.25, 0.3) is 0 Å². The summed E-state index contributed by atoms with van der Waals surface area (Å²) >= 11 is 5.84. The highest BCUT2D eigenvalue weighted by molar-refractivity contribution is 6.31. The minimum atomic E-state index is -0.525. The lowest BCUT2D eigenvalue weighted by Gasteiger charge is -2.26. The Bertz CT molecular complexity index is 501. The first-order valence-corrected chi connectivity index (χ1v) is 6.36. The Hall–Kier alpha value is -1.59. The molecule has 1 aromatic carbocycles. The van der Waals surface area contributed by atoms with Crippen LogP contribution in [0.4, 0.5) is 5.69 Å². The number of methoxy groups -OCH3 is 1. The second kappa shape index (κ2) is 6.04. The number of nitrogens with one attached hydrogen (secondary N) is 2. The predicted octanol–water partition coefficient (Wildman–Crippen LogP) is 1.67. The van der Waals surface area contributed by atoms with Gasteiger partial charge in [-0.05, 0) is 37.2 Å². The molecule has 2 rings (SSSR count). The number of amides is 1. The van der Waals surface area contributed by atoms with E-state index in [0.717, 1.165) is 13.1 Å². The number of rotatable bonds is 4. The molecule has 0 spiro atoms. The van der Waals surface area contributed by atoms with Crippen LogP contribution >= 0.6 is 11.6 Å². The monoisotopic (exact) mass is 282 g/mol. The number of hydrogen-bond acceptors (Lipinski definition) is 4. The maximum absolute atomic E-state index is 11.8. The smallest absolute Gasteiger partial charge is 0.340 e. The molecular formula is C13H15ClN2O3. The largest absolute Gasteiger partial charge is 0.465 e. The lowest BCUT2D eigenvalue weighted by Crippen LogP contribution is -2.43. The normalized spacial score (nSPS) is 14.6. The molecule has 0 saturated carbocycles. The summed E-state index contributed by atoms with van der Waals surface area (Å²) in [6.45, 7) is 1.72. The van der Waals surface area contributed by atoms with E-state index >= 15 is 0 Å². The highest BCUT2D eigenvalue weighted by atomic mass is 35.5. The van der Waals surface area contributed by atoms with Gasteiger partial charge < -0.3 is 15.4 Å². The van der Waals surface area contributed by atoms with Gasteiger partial charge in [-0.15, -0.1) is 0 Å². The third-order valence-corrected chi connectivity index (χ3v) is 3.24. The molecule has 2 N–H and O–H groups in total.